The van der Waals surface area contributed by atoms with Crippen molar-refractivity contribution in [2.75, 3.05) is 0 Å². The molecule has 3 aromatic carbocycles. The number of pyridine rings is 1. The SMILES string of the molecule is C#CC#CC#CC#CC#CC#CC#CC#CC#COc1cccc(-c2cc[c-]c(-c3nccc4ccccc34)c2)c1.[HH].[HH].[HH].[HH].[HH].[HH].[HH].[HH].[HH].[HH].[HH].[HH].[HH].[Ir]. The van der Waals surface area contributed by atoms with Gasteiger partial charge in [0.15, 0.2) is 0 Å². The number of hydrogen-bond acceptors (Lipinski definition) is 2. The van der Waals surface area contributed by atoms with Gasteiger partial charge < -0.3 is 9.72 Å². The molecule has 4 rings (SSSR count). The zero-order valence-corrected chi connectivity index (χ0v) is 24.2. The first-order chi connectivity index (χ1) is 20.3. The van der Waals surface area contributed by atoms with Gasteiger partial charge in [-0.05, 0) is 87.6 Å². The van der Waals surface area contributed by atoms with Crippen molar-refractivity contribution in [3.05, 3.63) is 85.1 Å². The summed E-state index contributed by atoms with van der Waals surface area (Å²) in [6, 6.07) is 27.1. The first kappa shape index (κ1) is 30.1. The number of ether oxygens (including phenoxy) is 1. The second-order valence-corrected chi connectivity index (χ2v) is 7.62. The second kappa shape index (κ2) is 17.2. The van der Waals surface area contributed by atoms with Gasteiger partial charge in [-0.3, -0.25) is 0 Å². The molecule has 0 spiro atoms. The summed E-state index contributed by atoms with van der Waals surface area (Å²) in [6.07, 6.45) is 9.35. The quantitative estimate of drug-likeness (QED) is 0.156. The van der Waals surface area contributed by atoms with Gasteiger partial charge in [0, 0.05) is 92.2 Å². The average Bonchev–Trinajstić information content (AvgIpc) is 3.02. The van der Waals surface area contributed by atoms with E-state index in [2.05, 4.69) is 130 Å². The minimum atomic E-state index is 0. The fourth-order valence-electron chi connectivity index (χ4n) is 3.41. The molecular weight excluding hydrogens is 691 g/mol. The maximum Gasteiger partial charge on any atom is 0.140 e. The Bertz CT molecular complexity index is 2230. The van der Waals surface area contributed by atoms with Crippen LogP contribution in [0.2, 0.25) is 0 Å². The van der Waals surface area contributed by atoms with E-state index in [1.165, 1.54) is 0 Å². The van der Waals surface area contributed by atoms with Crippen LogP contribution >= 0.6 is 0 Å². The topological polar surface area (TPSA) is 22.1 Å². The predicted octanol–water partition coefficient (Wildman–Crippen LogP) is 8.56. The number of terminal acetylenes is 1. The summed E-state index contributed by atoms with van der Waals surface area (Å²) >= 11 is 0. The number of hydrogen-bond donors (Lipinski definition) is 0. The molecule has 1 radical (unpaired) electrons. The summed E-state index contributed by atoms with van der Waals surface area (Å²) in [6.45, 7) is 0. The third kappa shape index (κ3) is 9.39. The minimum absolute atomic E-state index is 0. The first-order valence-corrected chi connectivity index (χ1v) is 11.9. The number of fused-ring (bicyclic) bond motifs is 1. The number of rotatable bonds is 3. The second-order valence-electron chi connectivity index (χ2n) is 7.62. The maximum absolute atomic E-state index is 5.54. The van der Waals surface area contributed by atoms with Gasteiger partial charge in [-0.2, -0.15) is 0 Å². The van der Waals surface area contributed by atoms with Crippen LogP contribution in [0.3, 0.4) is 0 Å². The van der Waals surface area contributed by atoms with Crippen molar-refractivity contribution in [2.24, 2.45) is 0 Å². The zero-order chi connectivity index (χ0) is 28.4. The Morgan fingerprint density at radius 1 is 0.643 bits per heavy atom. The summed E-state index contributed by atoms with van der Waals surface area (Å²) in [5.41, 5.74) is 3.80. The molecule has 217 valence electrons. The van der Waals surface area contributed by atoms with Crippen molar-refractivity contribution >= 4 is 10.8 Å². The van der Waals surface area contributed by atoms with Crippen LogP contribution in [0.5, 0.6) is 5.75 Å². The zero-order valence-electron chi connectivity index (χ0n) is 21.8. The smallest absolute Gasteiger partial charge is 0.140 e. The van der Waals surface area contributed by atoms with E-state index in [0.717, 1.165) is 33.2 Å². The van der Waals surface area contributed by atoms with Crippen molar-refractivity contribution in [1.82, 2.24) is 4.98 Å². The van der Waals surface area contributed by atoms with Gasteiger partial charge in [0.05, 0.1) is 0 Å². The summed E-state index contributed by atoms with van der Waals surface area (Å²) < 4.78 is 5.54. The fourth-order valence-corrected chi connectivity index (χ4v) is 3.41. The molecule has 0 saturated carbocycles. The van der Waals surface area contributed by atoms with Crippen molar-refractivity contribution < 1.29 is 43.4 Å². The Labute approximate surface area is 279 Å². The van der Waals surface area contributed by atoms with E-state index in [-0.39, 0.29) is 38.7 Å². The third-order valence-corrected chi connectivity index (χ3v) is 5.06. The van der Waals surface area contributed by atoms with Gasteiger partial charge in [-0.15, -0.1) is 41.8 Å². The van der Waals surface area contributed by atoms with Crippen molar-refractivity contribution in [2.45, 2.75) is 0 Å². The van der Waals surface area contributed by atoms with Gasteiger partial charge in [0.25, 0.3) is 0 Å². The van der Waals surface area contributed by atoms with Crippen LogP contribution in [0.25, 0.3) is 33.2 Å². The van der Waals surface area contributed by atoms with E-state index >= 15 is 0 Å². The minimum Gasteiger partial charge on any atom is -0.407 e. The van der Waals surface area contributed by atoms with Crippen LogP contribution in [0.1, 0.15) is 18.5 Å². The molecule has 1 aromatic heterocycles. The molecule has 0 aliphatic rings. The number of benzene rings is 3. The Hall–Kier alpha value is -6.44. The van der Waals surface area contributed by atoms with E-state index in [0.29, 0.717) is 5.75 Å². The van der Waals surface area contributed by atoms with Crippen molar-refractivity contribution in [3.63, 3.8) is 0 Å². The monoisotopic (exact) mass is 731 g/mol. The van der Waals surface area contributed by atoms with Crippen LogP contribution in [0.15, 0.2) is 79.0 Å². The molecule has 0 aliphatic heterocycles. The van der Waals surface area contributed by atoms with E-state index in [9.17, 15) is 0 Å². The van der Waals surface area contributed by atoms with E-state index in [4.69, 9.17) is 11.2 Å². The van der Waals surface area contributed by atoms with Crippen molar-refractivity contribution in [1.29, 1.82) is 0 Å². The summed E-state index contributed by atoms with van der Waals surface area (Å²) in [4.78, 5) is 4.61. The molecule has 0 unspecified atom stereocenters. The van der Waals surface area contributed by atoms with E-state index < -0.39 is 0 Å². The molecule has 0 aliphatic carbocycles. The Morgan fingerprint density at radius 2 is 1.26 bits per heavy atom. The number of aromatic nitrogens is 1. The Morgan fingerprint density at radius 3 is 1.95 bits per heavy atom. The van der Waals surface area contributed by atoms with Crippen LogP contribution in [0, 0.1) is 113 Å². The molecule has 2 nitrogen and oxygen atoms in total. The van der Waals surface area contributed by atoms with Crippen LogP contribution in [-0.2, 0) is 20.1 Å². The molecule has 0 bridgehead atoms. The van der Waals surface area contributed by atoms with Crippen LogP contribution in [-0.4, -0.2) is 4.98 Å². The normalized spacial score (nSPS) is 7.69. The fraction of sp³-hybridized carbons (Fsp3) is 0. The largest absolute Gasteiger partial charge is 0.407 e. The van der Waals surface area contributed by atoms with Gasteiger partial charge in [-0.1, -0.05) is 36.4 Å². The van der Waals surface area contributed by atoms with E-state index in [1.54, 1.807) is 0 Å². The standard InChI is InChI=1S/C39H14NO.Ir.13H2/c1-2-3-4-5-6-7-8-9-10-11-12-13-14-15-16-19-30-41-37-26-21-24-35(32-37)34-23-20-25-36(31-34)39-38-27-18-17-22-33(38)28-29-40-39;;;;;;;;;;;;;;/h1,17-18,20-24,26-29,31-32H;;13*1H/q-1;;;;;;;;;;;;;;. The van der Waals surface area contributed by atoms with Gasteiger partial charge in [0.2, 0.25) is 0 Å². The van der Waals surface area contributed by atoms with Crippen LogP contribution in [0.4, 0.5) is 0 Å². The molecular formula is C39H40IrNO-. The van der Waals surface area contributed by atoms with Crippen molar-refractivity contribution in [3.8, 4) is 135 Å². The molecule has 4 aromatic rings. The van der Waals surface area contributed by atoms with Crippen LogP contribution < -0.4 is 4.74 Å². The molecule has 0 atom stereocenters. The first-order valence-electron chi connectivity index (χ1n) is 11.9. The molecule has 1 heterocycles. The molecule has 0 amide bonds. The van der Waals surface area contributed by atoms with E-state index in [1.807, 2.05) is 60.8 Å². The third-order valence-electron chi connectivity index (χ3n) is 5.06. The molecule has 0 saturated heterocycles. The summed E-state index contributed by atoms with van der Waals surface area (Å²) in [5.74, 6) is 40.5. The predicted molar refractivity (Wildman–Crippen MR) is 191 cm³/mol. The molecule has 3 heteroatoms. The number of nitrogens with zero attached hydrogens (tertiary/aromatic N) is 1. The summed E-state index contributed by atoms with van der Waals surface area (Å²) in [7, 11) is 0. The Kier molecular flexibility index (Phi) is 12.3. The maximum atomic E-state index is 5.54. The van der Waals surface area contributed by atoms with Gasteiger partial charge in [-0.25, -0.2) is 0 Å². The Balaban J connectivity index is -0.000000154. The average molecular weight is 731 g/mol. The van der Waals surface area contributed by atoms with Gasteiger partial charge in [0.1, 0.15) is 11.9 Å². The molecule has 42 heavy (non-hydrogen) atoms. The summed E-state index contributed by atoms with van der Waals surface area (Å²) in [5, 5.41) is 2.22. The molecule has 0 fully saturated rings. The van der Waals surface area contributed by atoms with Gasteiger partial charge >= 0.3 is 0 Å². The molecule has 0 N–H and O–H groups in total.